The van der Waals surface area contributed by atoms with Gasteiger partial charge in [0.1, 0.15) is 0 Å². The van der Waals surface area contributed by atoms with E-state index < -0.39 is 12.0 Å². The quantitative estimate of drug-likeness (QED) is 0.551. The van der Waals surface area contributed by atoms with E-state index in [0.29, 0.717) is 6.54 Å². The van der Waals surface area contributed by atoms with Crippen molar-refractivity contribution in [2.24, 2.45) is 0 Å². The molecule has 0 aliphatic heterocycles. The number of halogens is 2. The molecule has 1 N–H and O–H groups in total. The summed E-state index contributed by atoms with van der Waals surface area (Å²) < 4.78 is 30.1. The standard InChI is InChI=1S/C24H28F2N4O2/c25-23(26)19-14-22(32)30(13-12-21(31)27-18-10-6-1-2-7-11-18)24-20(19)16-29(28-24)15-17-8-4-3-5-9-17/h3-5,8-9,14,16,18,23H,1-2,6-7,10-13,15H2,(H,27,31). The SMILES string of the molecule is O=C(CCn1c(=O)cc(C(F)F)c2cn(Cc3ccccc3)nc21)NC1CCCCCC1. The molecule has 0 spiro atoms. The van der Waals surface area contributed by atoms with E-state index in [1.165, 1.54) is 17.4 Å². The lowest BCUT2D eigenvalue weighted by Crippen LogP contribution is -2.35. The van der Waals surface area contributed by atoms with E-state index in [9.17, 15) is 18.4 Å². The minimum absolute atomic E-state index is 0.0970. The topological polar surface area (TPSA) is 68.9 Å². The summed E-state index contributed by atoms with van der Waals surface area (Å²) in [5.74, 6) is -0.126. The van der Waals surface area contributed by atoms with Gasteiger partial charge in [0.25, 0.3) is 12.0 Å². The van der Waals surface area contributed by atoms with E-state index in [4.69, 9.17) is 0 Å². The van der Waals surface area contributed by atoms with E-state index in [0.717, 1.165) is 37.3 Å². The van der Waals surface area contributed by atoms with E-state index in [2.05, 4.69) is 10.4 Å². The van der Waals surface area contributed by atoms with Crippen LogP contribution in [0.5, 0.6) is 0 Å². The highest BCUT2D eigenvalue weighted by Crippen LogP contribution is 2.26. The first-order valence-corrected chi connectivity index (χ1v) is 11.2. The second kappa shape index (κ2) is 10.1. The molecule has 1 saturated carbocycles. The van der Waals surface area contributed by atoms with Gasteiger partial charge < -0.3 is 5.32 Å². The van der Waals surface area contributed by atoms with Gasteiger partial charge in [0.2, 0.25) is 5.91 Å². The van der Waals surface area contributed by atoms with Crippen molar-refractivity contribution in [1.29, 1.82) is 0 Å². The van der Waals surface area contributed by atoms with Crippen LogP contribution in [0.2, 0.25) is 0 Å². The first-order valence-electron chi connectivity index (χ1n) is 11.2. The molecular weight excluding hydrogens is 414 g/mol. The maximum absolute atomic E-state index is 13.6. The molecule has 4 rings (SSSR count). The number of nitrogens with zero attached hydrogens (tertiary/aromatic N) is 3. The third kappa shape index (κ3) is 5.23. The van der Waals surface area contributed by atoms with Crippen LogP contribution in [0.25, 0.3) is 11.0 Å². The van der Waals surface area contributed by atoms with Crippen LogP contribution in [0, 0.1) is 0 Å². The third-order valence-corrected chi connectivity index (χ3v) is 6.06. The Kier molecular flexibility index (Phi) is 6.97. The number of aromatic nitrogens is 3. The number of carbonyl (C=O) groups is 1. The molecule has 1 aliphatic carbocycles. The Labute approximate surface area is 185 Å². The van der Waals surface area contributed by atoms with Crippen molar-refractivity contribution < 1.29 is 13.6 Å². The summed E-state index contributed by atoms with van der Waals surface area (Å²) in [4.78, 5) is 25.1. The highest BCUT2D eigenvalue weighted by Gasteiger charge is 2.20. The average Bonchev–Trinajstić information content (AvgIpc) is 3.00. The summed E-state index contributed by atoms with van der Waals surface area (Å²) >= 11 is 0. The van der Waals surface area contributed by atoms with Crippen molar-refractivity contribution >= 4 is 16.9 Å². The van der Waals surface area contributed by atoms with Crippen molar-refractivity contribution in [3.05, 3.63) is 64.1 Å². The molecule has 1 fully saturated rings. The fraction of sp³-hybridized carbons (Fsp3) is 0.458. The zero-order valence-corrected chi connectivity index (χ0v) is 18.0. The molecule has 0 atom stereocenters. The monoisotopic (exact) mass is 442 g/mol. The fourth-order valence-corrected chi connectivity index (χ4v) is 4.39. The zero-order valence-electron chi connectivity index (χ0n) is 18.0. The molecule has 0 bridgehead atoms. The summed E-state index contributed by atoms with van der Waals surface area (Å²) in [5.41, 5.74) is 0.255. The molecule has 2 aromatic heterocycles. The third-order valence-electron chi connectivity index (χ3n) is 6.06. The van der Waals surface area contributed by atoms with Crippen LogP contribution in [0.3, 0.4) is 0 Å². The van der Waals surface area contributed by atoms with E-state index in [1.807, 2.05) is 30.3 Å². The Balaban J connectivity index is 1.56. The average molecular weight is 443 g/mol. The van der Waals surface area contributed by atoms with Gasteiger partial charge in [0.15, 0.2) is 5.65 Å². The predicted octanol–water partition coefficient (Wildman–Crippen LogP) is 4.41. The molecule has 6 nitrogen and oxygen atoms in total. The summed E-state index contributed by atoms with van der Waals surface area (Å²) in [6.07, 6.45) is 5.43. The van der Waals surface area contributed by atoms with Gasteiger partial charge in [-0.05, 0) is 18.4 Å². The van der Waals surface area contributed by atoms with Crippen molar-refractivity contribution in [2.75, 3.05) is 0 Å². The van der Waals surface area contributed by atoms with Crippen LogP contribution in [0.1, 0.15) is 62.5 Å². The van der Waals surface area contributed by atoms with Crippen molar-refractivity contribution in [3.8, 4) is 0 Å². The molecule has 0 saturated heterocycles. The van der Waals surface area contributed by atoms with Gasteiger partial charge in [-0.25, -0.2) is 8.78 Å². The van der Waals surface area contributed by atoms with Crippen LogP contribution in [-0.4, -0.2) is 26.3 Å². The Bertz CT molecular complexity index is 1120. The van der Waals surface area contributed by atoms with Gasteiger partial charge in [-0.2, -0.15) is 5.10 Å². The van der Waals surface area contributed by atoms with Gasteiger partial charge >= 0.3 is 0 Å². The molecule has 0 radical (unpaired) electrons. The fourth-order valence-electron chi connectivity index (χ4n) is 4.39. The Morgan fingerprint density at radius 2 is 1.84 bits per heavy atom. The number of hydrogen-bond donors (Lipinski definition) is 1. The number of aryl methyl sites for hydroxylation is 1. The number of hydrogen-bond acceptors (Lipinski definition) is 3. The van der Waals surface area contributed by atoms with Crippen LogP contribution in [0.15, 0.2) is 47.4 Å². The first kappa shape index (κ1) is 22.2. The van der Waals surface area contributed by atoms with E-state index >= 15 is 0 Å². The molecule has 1 aromatic carbocycles. The maximum Gasteiger partial charge on any atom is 0.264 e. The van der Waals surface area contributed by atoms with Gasteiger partial charge in [-0.15, -0.1) is 0 Å². The van der Waals surface area contributed by atoms with Crippen LogP contribution in [-0.2, 0) is 17.9 Å². The van der Waals surface area contributed by atoms with Crippen LogP contribution >= 0.6 is 0 Å². The molecule has 3 aromatic rings. The summed E-state index contributed by atoms with van der Waals surface area (Å²) in [6.45, 7) is 0.494. The lowest BCUT2D eigenvalue weighted by molar-refractivity contribution is -0.122. The Morgan fingerprint density at radius 3 is 2.53 bits per heavy atom. The van der Waals surface area contributed by atoms with Gasteiger partial charge in [-0.1, -0.05) is 56.0 Å². The van der Waals surface area contributed by atoms with Crippen LogP contribution < -0.4 is 10.9 Å². The highest BCUT2D eigenvalue weighted by atomic mass is 19.3. The van der Waals surface area contributed by atoms with Crippen molar-refractivity contribution in [3.63, 3.8) is 0 Å². The van der Waals surface area contributed by atoms with Gasteiger partial charge in [0, 0.05) is 42.2 Å². The van der Waals surface area contributed by atoms with Gasteiger partial charge in [0.05, 0.1) is 6.54 Å². The summed E-state index contributed by atoms with van der Waals surface area (Å²) in [6, 6.07) is 10.7. The molecule has 2 heterocycles. The second-order valence-electron chi connectivity index (χ2n) is 8.45. The minimum Gasteiger partial charge on any atom is -0.353 e. The number of fused-ring (bicyclic) bond motifs is 1. The number of carbonyl (C=O) groups excluding carboxylic acids is 1. The van der Waals surface area contributed by atoms with E-state index in [-0.39, 0.29) is 41.5 Å². The molecule has 32 heavy (non-hydrogen) atoms. The molecule has 170 valence electrons. The van der Waals surface area contributed by atoms with Crippen LogP contribution in [0.4, 0.5) is 8.78 Å². The number of nitrogens with one attached hydrogen (secondary N) is 1. The van der Waals surface area contributed by atoms with Crippen molar-refractivity contribution in [2.45, 2.75) is 70.5 Å². The smallest absolute Gasteiger partial charge is 0.264 e. The highest BCUT2D eigenvalue weighted by molar-refractivity contribution is 5.80. The predicted molar refractivity (Wildman–Crippen MR) is 119 cm³/mol. The minimum atomic E-state index is -2.78. The van der Waals surface area contributed by atoms with E-state index in [1.54, 1.807) is 10.9 Å². The number of pyridine rings is 1. The van der Waals surface area contributed by atoms with Crippen molar-refractivity contribution in [1.82, 2.24) is 19.7 Å². The number of rotatable bonds is 7. The lowest BCUT2D eigenvalue weighted by Gasteiger charge is -2.16. The number of benzene rings is 1. The number of amides is 1. The summed E-state index contributed by atoms with van der Waals surface area (Å²) in [5, 5.41) is 7.73. The normalized spacial score (nSPS) is 15.2. The second-order valence-corrected chi connectivity index (χ2v) is 8.45. The molecule has 1 aliphatic rings. The molecular formula is C24H28F2N4O2. The molecule has 8 heteroatoms. The summed E-state index contributed by atoms with van der Waals surface area (Å²) in [7, 11) is 0. The first-order chi connectivity index (χ1) is 15.5. The molecule has 0 unspecified atom stereocenters. The maximum atomic E-state index is 13.6. The zero-order chi connectivity index (χ0) is 22.5. The lowest BCUT2D eigenvalue weighted by atomic mass is 10.1. The number of alkyl halides is 2. The van der Waals surface area contributed by atoms with Gasteiger partial charge in [-0.3, -0.25) is 18.8 Å². The molecule has 1 amide bonds. The Morgan fingerprint density at radius 1 is 1.12 bits per heavy atom. The Hall–Kier alpha value is -3.03. The largest absolute Gasteiger partial charge is 0.353 e.